The minimum Gasteiger partial charge on any atom is -0.322 e. The number of rotatable bonds is 5. The van der Waals surface area contributed by atoms with Crippen molar-refractivity contribution in [3.63, 3.8) is 0 Å². The van der Waals surface area contributed by atoms with Crippen molar-refractivity contribution in [3.05, 3.63) is 11.6 Å². The van der Waals surface area contributed by atoms with Gasteiger partial charge in [-0.2, -0.15) is 0 Å². The van der Waals surface area contributed by atoms with Gasteiger partial charge in [-0.3, -0.25) is 14.9 Å². The van der Waals surface area contributed by atoms with Gasteiger partial charge in [-0.1, -0.05) is 26.3 Å². The molecule has 0 saturated carbocycles. The summed E-state index contributed by atoms with van der Waals surface area (Å²) in [4.78, 5) is 22.3. The molecular weight excluding hydrogens is 180 g/mol. The average Bonchev–Trinajstić information content (AvgIpc) is 2.17. The Labute approximate surface area is 84.5 Å². The third-order valence-electron chi connectivity index (χ3n) is 1.70. The minimum absolute atomic E-state index is 0.155. The van der Waals surface area contributed by atoms with Crippen LogP contribution in [0.25, 0.3) is 0 Å². The molecule has 0 aromatic heterocycles. The second-order valence-corrected chi connectivity index (χ2v) is 2.97. The first-order valence-corrected chi connectivity index (χ1v) is 4.88. The molecule has 4 heteroatoms. The van der Waals surface area contributed by atoms with E-state index in [1.54, 1.807) is 0 Å². The fourth-order valence-electron chi connectivity index (χ4n) is 1.08. The van der Waals surface area contributed by atoms with Gasteiger partial charge in [-0.15, -0.1) is 0 Å². The number of nitrogens with one attached hydrogen (secondary N) is 1. The smallest absolute Gasteiger partial charge is 0.253 e. The Morgan fingerprint density at radius 1 is 1.36 bits per heavy atom. The van der Waals surface area contributed by atoms with Crippen molar-refractivity contribution in [3.8, 4) is 0 Å². The van der Waals surface area contributed by atoms with Crippen LogP contribution in [0.15, 0.2) is 11.6 Å². The number of carbonyl (C=O) groups is 2. The lowest BCUT2D eigenvalue weighted by molar-refractivity contribution is -0.127. The molecule has 2 amide bonds. The molecule has 0 atom stereocenters. The quantitative estimate of drug-likeness (QED) is 0.639. The van der Waals surface area contributed by atoms with E-state index in [1.807, 2.05) is 19.9 Å². The van der Waals surface area contributed by atoms with E-state index in [0.29, 0.717) is 12.0 Å². The SMILES string of the molecule is CCC=C(CCC)C(=O)NC(=O)CN. The molecule has 3 N–H and O–H groups in total. The number of hydrogen-bond acceptors (Lipinski definition) is 3. The van der Waals surface area contributed by atoms with E-state index in [9.17, 15) is 9.59 Å². The van der Waals surface area contributed by atoms with Gasteiger partial charge in [-0.05, 0) is 12.8 Å². The summed E-state index contributed by atoms with van der Waals surface area (Å²) in [5.74, 6) is -0.753. The molecule has 0 unspecified atom stereocenters. The van der Waals surface area contributed by atoms with E-state index < -0.39 is 5.91 Å². The molecule has 0 bridgehead atoms. The molecule has 0 rings (SSSR count). The summed E-state index contributed by atoms with van der Waals surface area (Å²) in [5.41, 5.74) is 5.75. The molecule has 0 spiro atoms. The Morgan fingerprint density at radius 2 is 2.00 bits per heavy atom. The van der Waals surface area contributed by atoms with Crippen molar-refractivity contribution in [1.29, 1.82) is 0 Å². The van der Waals surface area contributed by atoms with Crippen LogP contribution in [-0.2, 0) is 9.59 Å². The first kappa shape index (κ1) is 12.8. The van der Waals surface area contributed by atoms with E-state index in [-0.39, 0.29) is 12.5 Å². The first-order chi connectivity index (χ1) is 6.65. The third kappa shape index (κ3) is 4.77. The van der Waals surface area contributed by atoms with Gasteiger partial charge in [0, 0.05) is 5.57 Å². The van der Waals surface area contributed by atoms with E-state index in [2.05, 4.69) is 5.32 Å². The zero-order valence-corrected chi connectivity index (χ0v) is 8.80. The van der Waals surface area contributed by atoms with Gasteiger partial charge in [0.25, 0.3) is 5.91 Å². The predicted molar refractivity (Wildman–Crippen MR) is 55.5 cm³/mol. The van der Waals surface area contributed by atoms with Crippen molar-refractivity contribution in [1.82, 2.24) is 5.32 Å². The number of allylic oxidation sites excluding steroid dienone is 1. The summed E-state index contributed by atoms with van der Waals surface area (Å²) in [6.07, 6.45) is 4.20. The topological polar surface area (TPSA) is 72.2 Å². The zero-order chi connectivity index (χ0) is 11.0. The van der Waals surface area contributed by atoms with Crippen LogP contribution in [0.3, 0.4) is 0 Å². The molecule has 0 aliphatic heterocycles. The lowest BCUT2D eigenvalue weighted by Gasteiger charge is -2.05. The summed E-state index contributed by atoms with van der Waals surface area (Å²) in [6, 6.07) is 0. The maximum absolute atomic E-state index is 11.4. The molecule has 0 saturated heterocycles. The van der Waals surface area contributed by atoms with Gasteiger partial charge < -0.3 is 5.73 Å². The summed E-state index contributed by atoms with van der Waals surface area (Å²) in [5, 5.41) is 2.23. The fraction of sp³-hybridized carbons (Fsp3) is 0.600. The Bertz CT molecular complexity index is 234. The van der Waals surface area contributed by atoms with Crippen LogP contribution in [0.4, 0.5) is 0 Å². The van der Waals surface area contributed by atoms with Crippen LogP contribution in [0.1, 0.15) is 33.1 Å². The maximum atomic E-state index is 11.4. The highest BCUT2D eigenvalue weighted by atomic mass is 16.2. The molecule has 0 fully saturated rings. The van der Waals surface area contributed by atoms with Crippen LogP contribution in [0.5, 0.6) is 0 Å². The van der Waals surface area contributed by atoms with Gasteiger partial charge in [0.2, 0.25) is 5.91 Å². The first-order valence-electron chi connectivity index (χ1n) is 4.88. The van der Waals surface area contributed by atoms with Gasteiger partial charge in [0.1, 0.15) is 0 Å². The van der Waals surface area contributed by atoms with Gasteiger partial charge >= 0.3 is 0 Å². The van der Waals surface area contributed by atoms with Crippen LogP contribution in [0.2, 0.25) is 0 Å². The molecule has 0 aliphatic rings. The van der Waals surface area contributed by atoms with E-state index >= 15 is 0 Å². The molecule has 14 heavy (non-hydrogen) atoms. The summed E-state index contributed by atoms with van der Waals surface area (Å²) in [7, 11) is 0. The number of nitrogens with two attached hydrogens (primary N) is 1. The van der Waals surface area contributed by atoms with Crippen LogP contribution >= 0.6 is 0 Å². The zero-order valence-electron chi connectivity index (χ0n) is 8.80. The van der Waals surface area contributed by atoms with Gasteiger partial charge in [0.05, 0.1) is 6.54 Å². The van der Waals surface area contributed by atoms with E-state index in [4.69, 9.17) is 5.73 Å². The Kier molecular flexibility index (Phi) is 6.66. The number of hydrogen-bond donors (Lipinski definition) is 2. The minimum atomic E-state index is -0.437. The molecule has 0 aliphatic carbocycles. The van der Waals surface area contributed by atoms with Gasteiger partial charge in [0.15, 0.2) is 0 Å². The van der Waals surface area contributed by atoms with Gasteiger partial charge in [-0.25, -0.2) is 0 Å². The van der Waals surface area contributed by atoms with Crippen molar-refractivity contribution in [2.24, 2.45) is 5.73 Å². The normalized spacial score (nSPS) is 11.2. The summed E-state index contributed by atoms with van der Waals surface area (Å²) < 4.78 is 0. The van der Waals surface area contributed by atoms with Crippen LogP contribution in [-0.4, -0.2) is 18.4 Å². The third-order valence-corrected chi connectivity index (χ3v) is 1.70. The summed E-state index contributed by atoms with van der Waals surface area (Å²) in [6.45, 7) is 3.78. The number of imide groups is 1. The Morgan fingerprint density at radius 3 is 2.43 bits per heavy atom. The molecule has 0 radical (unpaired) electrons. The van der Waals surface area contributed by atoms with Crippen molar-refractivity contribution in [2.75, 3.05) is 6.54 Å². The molecule has 0 aromatic carbocycles. The molecule has 4 nitrogen and oxygen atoms in total. The number of carbonyl (C=O) groups excluding carboxylic acids is 2. The Balaban J connectivity index is 4.29. The van der Waals surface area contributed by atoms with Crippen molar-refractivity contribution in [2.45, 2.75) is 33.1 Å². The second-order valence-electron chi connectivity index (χ2n) is 2.97. The lowest BCUT2D eigenvalue weighted by atomic mass is 10.1. The highest BCUT2D eigenvalue weighted by Gasteiger charge is 2.10. The largest absolute Gasteiger partial charge is 0.322 e. The van der Waals surface area contributed by atoms with Crippen molar-refractivity contribution < 1.29 is 9.59 Å². The van der Waals surface area contributed by atoms with E-state index in [1.165, 1.54) is 0 Å². The monoisotopic (exact) mass is 198 g/mol. The van der Waals surface area contributed by atoms with Crippen molar-refractivity contribution >= 4 is 11.8 Å². The molecule has 0 heterocycles. The second kappa shape index (κ2) is 7.26. The lowest BCUT2D eigenvalue weighted by Crippen LogP contribution is -2.36. The molecule has 0 aromatic rings. The standard InChI is InChI=1S/C10H18N2O2/c1-3-5-8(6-4-2)10(14)12-9(13)7-11/h5H,3-4,6-7,11H2,1-2H3,(H,12,13,14). The average molecular weight is 198 g/mol. The van der Waals surface area contributed by atoms with Crippen LogP contribution in [0, 0.1) is 0 Å². The Hall–Kier alpha value is -1.16. The molecule has 80 valence electrons. The molecular formula is C10H18N2O2. The fourth-order valence-corrected chi connectivity index (χ4v) is 1.08. The maximum Gasteiger partial charge on any atom is 0.253 e. The predicted octanol–water partition coefficient (Wildman–Crippen LogP) is 0.724. The number of amides is 2. The highest BCUT2D eigenvalue weighted by Crippen LogP contribution is 2.05. The van der Waals surface area contributed by atoms with E-state index in [0.717, 1.165) is 12.8 Å². The van der Waals surface area contributed by atoms with Crippen LogP contribution < -0.4 is 11.1 Å². The highest BCUT2D eigenvalue weighted by molar-refractivity contribution is 6.04. The summed E-state index contributed by atoms with van der Waals surface area (Å²) >= 11 is 0.